The van der Waals surface area contributed by atoms with Crippen molar-refractivity contribution in [1.82, 2.24) is 4.90 Å². The number of anilines is 2. The topological polar surface area (TPSA) is 55.8 Å². The molecule has 2 saturated heterocycles. The second kappa shape index (κ2) is 7.41. The van der Waals surface area contributed by atoms with Crippen LogP contribution in [0.4, 0.5) is 16.2 Å². The summed E-state index contributed by atoms with van der Waals surface area (Å²) < 4.78 is 0. The number of benzene rings is 1. The number of piperidine rings is 2. The maximum absolute atomic E-state index is 12.3. The Morgan fingerprint density at radius 2 is 1.96 bits per heavy atom. The molecule has 2 heterocycles. The van der Waals surface area contributed by atoms with E-state index in [0.29, 0.717) is 23.8 Å². The van der Waals surface area contributed by atoms with Gasteiger partial charge in [-0.3, -0.25) is 0 Å². The molecule has 6 heteroatoms. The molecule has 0 radical (unpaired) electrons. The molecule has 5 nitrogen and oxygen atoms in total. The summed E-state index contributed by atoms with van der Waals surface area (Å²) in [5.74, 6) is 0. The minimum atomic E-state index is -0.417. The van der Waals surface area contributed by atoms with Crippen molar-refractivity contribution in [3.8, 4) is 0 Å². The first-order valence-corrected chi connectivity index (χ1v) is 8.80. The lowest BCUT2D eigenvalue weighted by molar-refractivity contribution is 0.0883. The van der Waals surface area contributed by atoms with E-state index in [0.717, 1.165) is 31.6 Å². The zero-order valence-corrected chi connectivity index (χ0v) is 14.1. The van der Waals surface area contributed by atoms with Crippen LogP contribution < -0.4 is 10.2 Å². The predicted octanol–water partition coefficient (Wildman–Crippen LogP) is 3.32. The van der Waals surface area contributed by atoms with E-state index in [1.807, 2.05) is 18.2 Å². The van der Waals surface area contributed by atoms with Crippen molar-refractivity contribution in [1.29, 1.82) is 0 Å². The van der Waals surface area contributed by atoms with Gasteiger partial charge in [-0.1, -0.05) is 11.6 Å². The van der Waals surface area contributed by atoms with Crippen molar-refractivity contribution in [2.24, 2.45) is 0 Å². The first-order chi connectivity index (χ1) is 11.1. The SMILES string of the molecule is O=C(Nc1ccc(N2CCCCC2)c(Cl)c1)N1CCC[C@H](O)C1. The molecule has 1 aromatic carbocycles. The smallest absolute Gasteiger partial charge is 0.321 e. The van der Waals surface area contributed by atoms with Crippen LogP contribution in [0.25, 0.3) is 0 Å². The van der Waals surface area contributed by atoms with Gasteiger partial charge >= 0.3 is 6.03 Å². The molecule has 0 aromatic heterocycles. The maximum atomic E-state index is 12.3. The molecular weight excluding hydrogens is 314 g/mol. The molecule has 3 rings (SSSR count). The number of carbonyl (C=O) groups excluding carboxylic acids is 1. The monoisotopic (exact) mass is 337 g/mol. The lowest BCUT2D eigenvalue weighted by atomic mass is 10.1. The quantitative estimate of drug-likeness (QED) is 0.870. The molecule has 2 N–H and O–H groups in total. The van der Waals surface area contributed by atoms with E-state index in [9.17, 15) is 9.90 Å². The van der Waals surface area contributed by atoms with E-state index in [4.69, 9.17) is 11.6 Å². The number of rotatable bonds is 2. The number of likely N-dealkylation sites (tertiary alicyclic amines) is 1. The molecule has 2 aliphatic heterocycles. The number of nitrogens with one attached hydrogen (secondary N) is 1. The van der Waals surface area contributed by atoms with Crippen LogP contribution in [0.5, 0.6) is 0 Å². The summed E-state index contributed by atoms with van der Waals surface area (Å²) in [6.07, 6.45) is 4.87. The summed E-state index contributed by atoms with van der Waals surface area (Å²) in [5, 5.41) is 13.2. The average Bonchev–Trinajstić information content (AvgIpc) is 2.56. The molecule has 2 aliphatic rings. The van der Waals surface area contributed by atoms with Gasteiger partial charge in [-0.2, -0.15) is 0 Å². The van der Waals surface area contributed by atoms with Crippen LogP contribution in [0.3, 0.4) is 0 Å². The predicted molar refractivity (Wildman–Crippen MR) is 93.3 cm³/mol. The maximum Gasteiger partial charge on any atom is 0.321 e. The highest BCUT2D eigenvalue weighted by atomic mass is 35.5. The largest absolute Gasteiger partial charge is 0.391 e. The summed E-state index contributed by atoms with van der Waals surface area (Å²) in [5.41, 5.74) is 1.73. The first-order valence-electron chi connectivity index (χ1n) is 8.42. The summed E-state index contributed by atoms with van der Waals surface area (Å²) in [7, 11) is 0. The molecule has 0 aliphatic carbocycles. The van der Waals surface area contributed by atoms with E-state index in [1.165, 1.54) is 19.3 Å². The van der Waals surface area contributed by atoms with Crippen LogP contribution in [0, 0.1) is 0 Å². The van der Waals surface area contributed by atoms with Gasteiger partial charge in [0.15, 0.2) is 0 Å². The summed E-state index contributed by atoms with van der Waals surface area (Å²) in [6, 6.07) is 5.51. The molecule has 0 unspecified atom stereocenters. The van der Waals surface area contributed by atoms with Gasteiger partial charge in [-0.25, -0.2) is 4.79 Å². The molecule has 1 atom stereocenters. The zero-order valence-electron chi connectivity index (χ0n) is 13.3. The number of amides is 2. The number of aliphatic hydroxyl groups is 1. The number of urea groups is 1. The Hall–Kier alpha value is -1.46. The zero-order chi connectivity index (χ0) is 16.2. The van der Waals surface area contributed by atoms with Crippen LogP contribution in [0.2, 0.25) is 5.02 Å². The van der Waals surface area contributed by atoms with Gasteiger partial charge in [0.2, 0.25) is 0 Å². The van der Waals surface area contributed by atoms with Gasteiger partial charge < -0.3 is 20.2 Å². The molecule has 1 aromatic rings. The number of hydrogen-bond acceptors (Lipinski definition) is 3. The van der Waals surface area contributed by atoms with Crippen molar-refractivity contribution in [3.63, 3.8) is 0 Å². The minimum Gasteiger partial charge on any atom is -0.391 e. The lowest BCUT2D eigenvalue weighted by Crippen LogP contribution is -2.44. The second-order valence-corrected chi connectivity index (χ2v) is 6.79. The second-order valence-electron chi connectivity index (χ2n) is 6.39. The Morgan fingerprint density at radius 1 is 1.17 bits per heavy atom. The summed E-state index contributed by atoms with van der Waals surface area (Å²) in [6.45, 7) is 3.15. The third-order valence-corrected chi connectivity index (χ3v) is 4.88. The third-order valence-electron chi connectivity index (χ3n) is 4.58. The number of carbonyl (C=O) groups is 1. The summed E-state index contributed by atoms with van der Waals surface area (Å²) >= 11 is 6.41. The van der Waals surface area contributed by atoms with Crippen molar-refractivity contribution >= 4 is 29.0 Å². The van der Waals surface area contributed by atoms with E-state index in [1.54, 1.807) is 4.90 Å². The Labute approximate surface area is 142 Å². The fourth-order valence-corrected chi connectivity index (χ4v) is 3.62. The molecule has 0 bridgehead atoms. The molecular formula is C17H24ClN3O2. The standard InChI is InChI=1S/C17H24ClN3O2/c18-15-11-13(6-7-16(15)20-8-2-1-3-9-20)19-17(23)21-10-4-5-14(22)12-21/h6-7,11,14,22H,1-5,8-10,12H2,(H,19,23)/t14-/m0/s1. The summed E-state index contributed by atoms with van der Waals surface area (Å²) in [4.78, 5) is 16.2. The Balaban J connectivity index is 1.64. The van der Waals surface area contributed by atoms with Crippen LogP contribution in [-0.2, 0) is 0 Å². The average molecular weight is 338 g/mol. The van der Waals surface area contributed by atoms with Gasteiger partial charge in [0.05, 0.1) is 16.8 Å². The fourth-order valence-electron chi connectivity index (χ4n) is 3.32. The van der Waals surface area contributed by atoms with Gasteiger partial charge in [-0.05, 0) is 50.3 Å². The molecule has 0 saturated carbocycles. The van der Waals surface area contributed by atoms with Crippen molar-refractivity contribution in [3.05, 3.63) is 23.2 Å². The Bertz CT molecular complexity index is 561. The number of aliphatic hydroxyl groups excluding tert-OH is 1. The lowest BCUT2D eigenvalue weighted by Gasteiger charge is -2.31. The molecule has 2 amide bonds. The van der Waals surface area contributed by atoms with E-state index in [-0.39, 0.29) is 6.03 Å². The molecule has 0 spiro atoms. The van der Waals surface area contributed by atoms with Crippen LogP contribution >= 0.6 is 11.6 Å². The normalized spacial score (nSPS) is 22.1. The highest BCUT2D eigenvalue weighted by Gasteiger charge is 2.22. The van der Waals surface area contributed by atoms with Gasteiger partial charge in [-0.15, -0.1) is 0 Å². The van der Waals surface area contributed by atoms with Gasteiger partial charge in [0, 0.05) is 31.9 Å². The van der Waals surface area contributed by atoms with Crippen molar-refractivity contribution in [2.75, 3.05) is 36.4 Å². The number of halogens is 1. The molecule has 23 heavy (non-hydrogen) atoms. The number of nitrogens with zero attached hydrogens (tertiary/aromatic N) is 2. The first kappa shape index (κ1) is 16.4. The molecule has 126 valence electrons. The van der Waals surface area contributed by atoms with E-state index in [2.05, 4.69) is 10.2 Å². The van der Waals surface area contributed by atoms with Crippen LogP contribution in [-0.4, -0.2) is 48.3 Å². The number of β-amino-alcohol motifs (C(OH)–C–C–N with tert-alkyl or cyclic N) is 1. The van der Waals surface area contributed by atoms with Gasteiger partial charge in [0.1, 0.15) is 0 Å². The van der Waals surface area contributed by atoms with Crippen molar-refractivity contribution < 1.29 is 9.90 Å². The van der Waals surface area contributed by atoms with Crippen LogP contribution in [0.15, 0.2) is 18.2 Å². The van der Waals surface area contributed by atoms with Gasteiger partial charge in [0.25, 0.3) is 0 Å². The third kappa shape index (κ3) is 4.09. The molecule has 2 fully saturated rings. The van der Waals surface area contributed by atoms with Crippen LogP contribution in [0.1, 0.15) is 32.1 Å². The fraction of sp³-hybridized carbons (Fsp3) is 0.588. The Morgan fingerprint density at radius 3 is 2.65 bits per heavy atom. The highest BCUT2D eigenvalue weighted by molar-refractivity contribution is 6.33. The highest BCUT2D eigenvalue weighted by Crippen LogP contribution is 2.31. The van der Waals surface area contributed by atoms with Crippen molar-refractivity contribution in [2.45, 2.75) is 38.2 Å². The number of hydrogen-bond donors (Lipinski definition) is 2. The Kier molecular flexibility index (Phi) is 5.28. The van der Waals surface area contributed by atoms with E-state index < -0.39 is 6.10 Å². The minimum absolute atomic E-state index is 0.175. The van der Waals surface area contributed by atoms with E-state index >= 15 is 0 Å².